The predicted octanol–water partition coefficient (Wildman–Crippen LogP) is 7.53. The van der Waals surface area contributed by atoms with Gasteiger partial charge in [-0.25, -0.2) is 8.42 Å². The molecule has 1 aliphatic heterocycles. The summed E-state index contributed by atoms with van der Waals surface area (Å²) in [4.78, 5) is 14.0. The first-order chi connectivity index (χ1) is 23.0. The Morgan fingerprint density at radius 3 is 2.37 bits per heavy atom. The van der Waals surface area contributed by atoms with Crippen molar-refractivity contribution < 1.29 is 18.3 Å². The average molecular weight is 693 g/mol. The Labute approximate surface area is 296 Å². The molecule has 0 bridgehead atoms. The maximum atomic E-state index is 12.0. The van der Waals surface area contributed by atoms with Crippen molar-refractivity contribution >= 4 is 15.8 Å². The van der Waals surface area contributed by atoms with Gasteiger partial charge < -0.3 is 15.3 Å². The summed E-state index contributed by atoms with van der Waals surface area (Å²) in [7, 11) is -2.85. The van der Waals surface area contributed by atoms with Gasteiger partial charge in [0.05, 0.1) is 17.4 Å². The zero-order valence-corrected chi connectivity index (χ0v) is 32.1. The number of carboxylic acid groups (broad SMARTS) is 1. The van der Waals surface area contributed by atoms with Crippen LogP contribution in [-0.2, 0) is 14.6 Å². The van der Waals surface area contributed by atoms with Crippen LogP contribution < -0.4 is 5.32 Å². The number of nitrogens with one attached hydrogen (secondary N) is 1. The highest BCUT2D eigenvalue weighted by atomic mass is 32.2. The minimum Gasteiger partial charge on any atom is -0.481 e. The third kappa shape index (κ3) is 4.96. The molecule has 0 aromatic rings. The van der Waals surface area contributed by atoms with Crippen molar-refractivity contribution in [3.05, 3.63) is 35.5 Å². The van der Waals surface area contributed by atoms with Gasteiger partial charge in [0.1, 0.15) is 0 Å². The molecule has 1 saturated heterocycles. The number of nitrogens with zero attached hydrogens (tertiary/aromatic N) is 1. The molecule has 8 aliphatic rings. The number of rotatable bonds is 7. The average Bonchev–Trinajstić information content (AvgIpc) is 3.32. The second-order valence-electron chi connectivity index (χ2n) is 19.8. The van der Waals surface area contributed by atoms with Crippen LogP contribution in [0, 0.1) is 69.0 Å². The number of fused-ring (bicyclic) bond motifs is 8. The van der Waals surface area contributed by atoms with Gasteiger partial charge in [-0.3, -0.25) is 4.79 Å². The minimum atomic E-state index is -2.85. The van der Waals surface area contributed by atoms with Crippen LogP contribution in [0.25, 0.3) is 0 Å². The summed E-state index contributed by atoms with van der Waals surface area (Å²) in [6.45, 7) is 23.3. The molecule has 8 rings (SSSR count). The molecule has 3 unspecified atom stereocenters. The van der Waals surface area contributed by atoms with E-state index in [1.165, 1.54) is 62.5 Å². The molecule has 7 aliphatic carbocycles. The number of carboxylic acids is 1. The Bertz CT molecular complexity index is 1580. The highest BCUT2D eigenvalue weighted by molar-refractivity contribution is 7.91. The Balaban J connectivity index is 1.04. The molecular formula is C42H64N2O4S. The van der Waals surface area contributed by atoms with Crippen molar-refractivity contribution in [2.24, 2.45) is 69.0 Å². The van der Waals surface area contributed by atoms with E-state index >= 15 is 0 Å². The van der Waals surface area contributed by atoms with E-state index in [0.717, 1.165) is 25.9 Å². The zero-order chi connectivity index (χ0) is 34.9. The highest BCUT2D eigenvalue weighted by Crippen LogP contribution is 2.77. The smallest absolute Gasteiger partial charge is 0.307 e. The standard InChI is InChI=1S/C42H64N2O4S/c1-26(2)28-10-15-42(43-18-19-44-20-22-49(47,48)23-21-44)17-16-40(6)32(36(28)42)8-9-34-39(5)13-11-31(27-24-29-30(25-27)35(29)37(45)46)38(3,4)33(39)12-14-41(34,40)7/h11,24,28-30,32-36,43H,1,8-10,12-23,25H2,2-7H3,(H,45,46)/t28-,29?,30?,32+,33-,34+,35?,36+,39-,40+,41+,42-/m0/s1. The van der Waals surface area contributed by atoms with E-state index in [1.54, 1.807) is 5.57 Å². The van der Waals surface area contributed by atoms with Crippen LogP contribution in [-0.4, -0.2) is 67.6 Å². The summed E-state index contributed by atoms with van der Waals surface area (Å²) in [5.41, 5.74) is 5.54. The molecule has 5 saturated carbocycles. The van der Waals surface area contributed by atoms with Crippen molar-refractivity contribution in [2.75, 3.05) is 37.7 Å². The molecule has 49 heavy (non-hydrogen) atoms. The molecule has 0 amide bonds. The van der Waals surface area contributed by atoms with E-state index in [1.807, 2.05) is 0 Å². The summed E-state index contributed by atoms with van der Waals surface area (Å²) in [6.07, 6.45) is 17.4. The lowest BCUT2D eigenvalue weighted by Gasteiger charge is -2.72. The summed E-state index contributed by atoms with van der Waals surface area (Å²) < 4.78 is 24.0. The Morgan fingerprint density at radius 2 is 1.71 bits per heavy atom. The number of carbonyl (C=O) groups is 1. The van der Waals surface area contributed by atoms with Crippen LogP contribution in [0.15, 0.2) is 35.5 Å². The SMILES string of the molecule is C=C(C)[C@@H]1CC[C@]2(NCCN3CCS(=O)(=O)CC3)CC[C@]3(C)[C@H](CC[C@@H]4[C@@]5(C)CC=C(C6=CC7C(C6)C7C(=O)O)C(C)(C)[C@@H]5CC[C@]43C)[C@@H]12. The molecule has 0 radical (unpaired) electrons. The number of aliphatic carboxylic acids is 1. The van der Waals surface area contributed by atoms with Gasteiger partial charge in [0, 0.05) is 31.7 Å². The van der Waals surface area contributed by atoms with E-state index in [-0.39, 0.29) is 28.2 Å². The number of hydrogen-bond donors (Lipinski definition) is 2. The fraction of sp³-hybridized carbons (Fsp3) is 0.833. The van der Waals surface area contributed by atoms with E-state index in [9.17, 15) is 18.3 Å². The summed E-state index contributed by atoms with van der Waals surface area (Å²) in [5.74, 6) is 3.71. The molecule has 0 spiro atoms. The van der Waals surface area contributed by atoms with Gasteiger partial charge in [0.2, 0.25) is 0 Å². The van der Waals surface area contributed by atoms with Gasteiger partial charge >= 0.3 is 5.97 Å². The van der Waals surface area contributed by atoms with Crippen molar-refractivity contribution in [3.8, 4) is 0 Å². The first kappa shape index (κ1) is 34.6. The fourth-order valence-corrected chi connectivity index (χ4v) is 16.3. The lowest BCUT2D eigenvalue weighted by Crippen LogP contribution is -2.68. The van der Waals surface area contributed by atoms with E-state index in [2.05, 4.69) is 70.5 Å². The topological polar surface area (TPSA) is 86.7 Å². The second kappa shape index (κ2) is 11.3. The third-order valence-corrected chi connectivity index (χ3v) is 19.3. The van der Waals surface area contributed by atoms with Crippen molar-refractivity contribution in [2.45, 2.75) is 111 Å². The van der Waals surface area contributed by atoms with Gasteiger partial charge in [-0.1, -0.05) is 58.9 Å². The molecule has 6 fully saturated rings. The predicted molar refractivity (Wildman–Crippen MR) is 197 cm³/mol. The van der Waals surface area contributed by atoms with Crippen LogP contribution in [0.5, 0.6) is 0 Å². The van der Waals surface area contributed by atoms with Crippen LogP contribution in [0.4, 0.5) is 0 Å². The molecule has 7 heteroatoms. The molecule has 2 N–H and O–H groups in total. The largest absolute Gasteiger partial charge is 0.481 e. The zero-order valence-electron chi connectivity index (χ0n) is 31.3. The quantitative estimate of drug-likeness (QED) is 0.269. The molecule has 0 aromatic heterocycles. The summed E-state index contributed by atoms with van der Waals surface area (Å²) in [6, 6.07) is 0. The maximum Gasteiger partial charge on any atom is 0.307 e. The van der Waals surface area contributed by atoms with Crippen molar-refractivity contribution in [3.63, 3.8) is 0 Å². The monoisotopic (exact) mass is 692 g/mol. The van der Waals surface area contributed by atoms with Crippen molar-refractivity contribution in [1.82, 2.24) is 10.2 Å². The normalized spacial score (nSPS) is 49.3. The Kier molecular flexibility index (Phi) is 7.97. The van der Waals surface area contributed by atoms with Crippen LogP contribution in [0.3, 0.4) is 0 Å². The van der Waals surface area contributed by atoms with Gasteiger partial charge in [0.25, 0.3) is 0 Å². The van der Waals surface area contributed by atoms with Crippen LogP contribution in [0.2, 0.25) is 0 Å². The van der Waals surface area contributed by atoms with Gasteiger partial charge in [0.15, 0.2) is 9.84 Å². The molecule has 6 nitrogen and oxygen atoms in total. The molecular weight excluding hydrogens is 629 g/mol. The van der Waals surface area contributed by atoms with Crippen molar-refractivity contribution in [1.29, 1.82) is 0 Å². The first-order valence-electron chi connectivity index (χ1n) is 20.0. The fourth-order valence-electron chi connectivity index (χ4n) is 15.0. The molecule has 0 aromatic carbocycles. The molecule has 272 valence electrons. The number of allylic oxidation sites excluding steroid dienone is 5. The molecule has 1 heterocycles. The van der Waals surface area contributed by atoms with Gasteiger partial charge in [-0.05, 0) is 145 Å². The lowest BCUT2D eigenvalue weighted by molar-refractivity contribution is -0.221. The third-order valence-electron chi connectivity index (χ3n) is 17.7. The Morgan fingerprint density at radius 1 is 0.980 bits per heavy atom. The summed E-state index contributed by atoms with van der Waals surface area (Å²) in [5, 5.41) is 13.8. The minimum absolute atomic E-state index is 0.105. The van der Waals surface area contributed by atoms with E-state index < -0.39 is 15.8 Å². The lowest BCUT2D eigenvalue weighted by atomic mass is 9.33. The first-order valence-corrected chi connectivity index (χ1v) is 21.8. The number of hydrogen-bond acceptors (Lipinski definition) is 5. The maximum absolute atomic E-state index is 12.0. The Hall–Kier alpha value is -1.44. The molecule has 12 atom stereocenters. The van der Waals surface area contributed by atoms with Gasteiger partial charge in [-0.2, -0.15) is 0 Å². The van der Waals surface area contributed by atoms with Crippen LogP contribution >= 0.6 is 0 Å². The van der Waals surface area contributed by atoms with E-state index in [0.29, 0.717) is 70.9 Å². The van der Waals surface area contributed by atoms with Gasteiger partial charge in [-0.15, -0.1) is 0 Å². The van der Waals surface area contributed by atoms with Crippen LogP contribution in [0.1, 0.15) is 106 Å². The van der Waals surface area contributed by atoms with E-state index in [4.69, 9.17) is 0 Å². The second-order valence-corrected chi connectivity index (χ2v) is 22.1. The highest BCUT2D eigenvalue weighted by Gasteiger charge is 2.70. The summed E-state index contributed by atoms with van der Waals surface area (Å²) >= 11 is 0. The number of sulfone groups is 1.